The van der Waals surface area contributed by atoms with Crippen LogP contribution in [0.3, 0.4) is 0 Å². The number of nitrogens with zero attached hydrogens (tertiary/aromatic N) is 3. The van der Waals surface area contributed by atoms with Gasteiger partial charge in [0.2, 0.25) is 0 Å². The molecule has 0 radical (unpaired) electrons. The summed E-state index contributed by atoms with van der Waals surface area (Å²) in [5.41, 5.74) is 4.85. The Bertz CT molecular complexity index is 488. The second kappa shape index (κ2) is 5.10. The zero-order chi connectivity index (χ0) is 12.3. The molecule has 2 heterocycles. The highest BCUT2D eigenvalue weighted by Crippen LogP contribution is 2.14. The summed E-state index contributed by atoms with van der Waals surface area (Å²) in [7, 11) is 1.96. The van der Waals surface area contributed by atoms with Crippen LogP contribution in [0.15, 0.2) is 24.5 Å². The minimum absolute atomic E-state index is 0.804. The fourth-order valence-corrected chi connectivity index (χ4v) is 1.98. The van der Waals surface area contributed by atoms with Crippen LogP contribution in [0.4, 0.5) is 0 Å². The molecule has 0 saturated heterocycles. The van der Waals surface area contributed by atoms with Gasteiger partial charge in [-0.3, -0.25) is 9.67 Å². The summed E-state index contributed by atoms with van der Waals surface area (Å²) in [5.74, 6) is 0. The Hall–Kier alpha value is -1.68. The van der Waals surface area contributed by atoms with Crippen molar-refractivity contribution >= 4 is 0 Å². The maximum Gasteiger partial charge on any atom is 0.0663 e. The van der Waals surface area contributed by atoms with Crippen molar-refractivity contribution in [2.24, 2.45) is 0 Å². The lowest BCUT2D eigenvalue weighted by molar-refractivity contribution is 0.656. The fraction of sp³-hybridized carbons (Fsp3) is 0.385. The van der Waals surface area contributed by atoms with Gasteiger partial charge in [-0.05, 0) is 38.6 Å². The van der Waals surface area contributed by atoms with Gasteiger partial charge in [0.15, 0.2) is 0 Å². The molecule has 0 spiro atoms. The summed E-state index contributed by atoms with van der Waals surface area (Å²) in [6, 6.07) is 4.04. The van der Waals surface area contributed by atoms with Gasteiger partial charge in [-0.1, -0.05) is 0 Å². The zero-order valence-corrected chi connectivity index (χ0v) is 10.6. The monoisotopic (exact) mass is 230 g/mol. The minimum atomic E-state index is 0.804. The second-order valence-electron chi connectivity index (χ2n) is 4.19. The Kier molecular flexibility index (Phi) is 3.54. The van der Waals surface area contributed by atoms with Crippen LogP contribution in [0.5, 0.6) is 0 Å². The lowest BCUT2D eigenvalue weighted by Crippen LogP contribution is -2.08. The van der Waals surface area contributed by atoms with Crippen molar-refractivity contribution in [3.05, 3.63) is 47.0 Å². The standard InChI is InChI=1S/C13H18N4/c1-10-13(8-14-3)11(2)17(16-10)9-12-4-6-15-7-5-12/h4-7,14H,8-9H2,1-3H3. The third-order valence-corrected chi connectivity index (χ3v) is 2.97. The average Bonchev–Trinajstić information content (AvgIpc) is 2.59. The van der Waals surface area contributed by atoms with Crippen molar-refractivity contribution in [1.82, 2.24) is 20.1 Å². The summed E-state index contributed by atoms with van der Waals surface area (Å²) < 4.78 is 2.05. The number of hydrogen-bond donors (Lipinski definition) is 1. The van der Waals surface area contributed by atoms with E-state index in [1.54, 1.807) is 0 Å². The number of nitrogens with one attached hydrogen (secondary N) is 1. The Balaban J connectivity index is 2.25. The Morgan fingerprint density at radius 2 is 1.94 bits per heavy atom. The molecule has 0 saturated carbocycles. The van der Waals surface area contributed by atoms with Gasteiger partial charge in [0.25, 0.3) is 0 Å². The van der Waals surface area contributed by atoms with Crippen molar-refractivity contribution < 1.29 is 0 Å². The topological polar surface area (TPSA) is 42.7 Å². The second-order valence-corrected chi connectivity index (χ2v) is 4.19. The average molecular weight is 230 g/mol. The van der Waals surface area contributed by atoms with Gasteiger partial charge in [-0.15, -0.1) is 0 Å². The lowest BCUT2D eigenvalue weighted by atomic mass is 10.2. The van der Waals surface area contributed by atoms with E-state index in [4.69, 9.17) is 0 Å². The predicted molar refractivity (Wildman–Crippen MR) is 67.8 cm³/mol. The summed E-state index contributed by atoms with van der Waals surface area (Å²) in [6.45, 7) is 5.85. The molecular weight excluding hydrogens is 212 g/mol. The lowest BCUT2D eigenvalue weighted by Gasteiger charge is -2.05. The molecule has 4 nitrogen and oxygen atoms in total. The molecule has 0 unspecified atom stereocenters. The quantitative estimate of drug-likeness (QED) is 0.868. The molecular formula is C13H18N4. The van der Waals surface area contributed by atoms with Crippen LogP contribution in [0, 0.1) is 13.8 Å². The molecule has 1 N–H and O–H groups in total. The van der Waals surface area contributed by atoms with Gasteiger partial charge >= 0.3 is 0 Å². The van der Waals surface area contributed by atoms with E-state index in [0.29, 0.717) is 0 Å². The number of aromatic nitrogens is 3. The molecule has 0 fully saturated rings. The number of rotatable bonds is 4. The van der Waals surface area contributed by atoms with Crippen LogP contribution >= 0.6 is 0 Å². The van der Waals surface area contributed by atoms with E-state index < -0.39 is 0 Å². The first kappa shape index (κ1) is 11.8. The van der Waals surface area contributed by atoms with Crippen LogP contribution < -0.4 is 5.32 Å². The van der Waals surface area contributed by atoms with Gasteiger partial charge in [-0.25, -0.2) is 0 Å². The molecule has 17 heavy (non-hydrogen) atoms. The van der Waals surface area contributed by atoms with Crippen molar-refractivity contribution in [1.29, 1.82) is 0 Å². The fourth-order valence-electron chi connectivity index (χ4n) is 1.98. The highest BCUT2D eigenvalue weighted by molar-refractivity contribution is 5.25. The third kappa shape index (κ3) is 2.53. The van der Waals surface area contributed by atoms with Crippen molar-refractivity contribution in [2.45, 2.75) is 26.9 Å². The van der Waals surface area contributed by atoms with Gasteiger partial charge in [0.1, 0.15) is 0 Å². The smallest absolute Gasteiger partial charge is 0.0663 e. The molecule has 2 rings (SSSR count). The van der Waals surface area contributed by atoms with Crippen LogP contribution in [-0.4, -0.2) is 21.8 Å². The summed E-state index contributed by atoms with van der Waals surface area (Å²) >= 11 is 0. The van der Waals surface area contributed by atoms with Crippen LogP contribution in [0.25, 0.3) is 0 Å². The van der Waals surface area contributed by atoms with E-state index in [9.17, 15) is 0 Å². The van der Waals surface area contributed by atoms with Crippen LogP contribution in [0.2, 0.25) is 0 Å². The largest absolute Gasteiger partial charge is 0.316 e. The van der Waals surface area contributed by atoms with E-state index >= 15 is 0 Å². The maximum atomic E-state index is 4.58. The maximum absolute atomic E-state index is 4.58. The van der Waals surface area contributed by atoms with Gasteiger partial charge < -0.3 is 5.32 Å². The summed E-state index contributed by atoms with van der Waals surface area (Å²) in [6.07, 6.45) is 3.63. The molecule has 2 aromatic heterocycles. The minimum Gasteiger partial charge on any atom is -0.316 e. The molecule has 0 bridgehead atoms. The molecule has 0 aliphatic heterocycles. The van der Waals surface area contributed by atoms with Crippen molar-refractivity contribution in [3.63, 3.8) is 0 Å². The number of hydrogen-bond acceptors (Lipinski definition) is 3. The molecule has 0 atom stereocenters. The van der Waals surface area contributed by atoms with Crippen LogP contribution in [-0.2, 0) is 13.1 Å². The highest BCUT2D eigenvalue weighted by atomic mass is 15.3. The third-order valence-electron chi connectivity index (χ3n) is 2.97. The van der Waals surface area contributed by atoms with E-state index in [-0.39, 0.29) is 0 Å². The summed E-state index contributed by atoms with van der Waals surface area (Å²) in [4.78, 5) is 4.02. The van der Waals surface area contributed by atoms with Crippen molar-refractivity contribution in [2.75, 3.05) is 7.05 Å². The Labute approximate surface area is 102 Å². The Morgan fingerprint density at radius 3 is 2.59 bits per heavy atom. The normalized spacial score (nSPS) is 10.8. The SMILES string of the molecule is CNCc1c(C)nn(Cc2ccncc2)c1C. The highest BCUT2D eigenvalue weighted by Gasteiger charge is 2.10. The van der Waals surface area contributed by atoms with Gasteiger partial charge in [0, 0.05) is 30.2 Å². The molecule has 4 heteroatoms. The first-order chi connectivity index (χ1) is 8.22. The number of pyridine rings is 1. The molecule has 0 aliphatic carbocycles. The van der Waals surface area contributed by atoms with E-state index in [2.05, 4.69) is 33.9 Å². The van der Waals surface area contributed by atoms with Crippen LogP contribution in [0.1, 0.15) is 22.5 Å². The first-order valence-electron chi connectivity index (χ1n) is 5.78. The van der Waals surface area contributed by atoms with E-state index in [1.807, 2.05) is 31.6 Å². The molecule has 90 valence electrons. The molecule has 0 aromatic carbocycles. The first-order valence-corrected chi connectivity index (χ1v) is 5.78. The number of aryl methyl sites for hydroxylation is 1. The summed E-state index contributed by atoms with van der Waals surface area (Å²) in [5, 5.41) is 7.76. The molecule has 0 aliphatic rings. The van der Waals surface area contributed by atoms with E-state index in [0.717, 1.165) is 18.8 Å². The Morgan fingerprint density at radius 1 is 1.24 bits per heavy atom. The predicted octanol–water partition coefficient (Wildman–Crippen LogP) is 1.66. The van der Waals surface area contributed by atoms with E-state index in [1.165, 1.54) is 16.8 Å². The molecule has 0 amide bonds. The molecule has 2 aromatic rings. The van der Waals surface area contributed by atoms with Crippen molar-refractivity contribution in [3.8, 4) is 0 Å². The van der Waals surface area contributed by atoms with Gasteiger partial charge in [-0.2, -0.15) is 5.10 Å². The zero-order valence-electron chi connectivity index (χ0n) is 10.6. The van der Waals surface area contributed by atoms with Gasteiger partial charge in [0.05, 0.1) is 12.2 Å².